The molecule has 4 heteroatoms. The van der Waals surface area contributed by atoms with Crippen LogP contribution in [-0.4, -0.2) is 31.7 Å². The average molecular weight is 326 g/mol. The molecule has 2 rings (SSSR count). The first-order valence-corrected chi connectivity index (χ1v) is 8.19. The summed E-state index contributed by atoms with van der Waals surface area (Å²) in [6.45, 7) is 2.23. The fourth-order valence-electron chi connectivity index (χ4n) is 2.58. The molecule has 0 radical (unpaired) electrons. The minimum atomic E-state index is -1.15. The number of carbonyl (C=O) groups excluding carboxylic acids is 1. The summed E-state index contributed by atoms with van der Waals surface area (Å²) >= 11 is 0. The molecule has 1 atom stereocenters. The van der Waals surface area contributed by atoms with Crippen molar-refractivity contribution in [3.05, 3.63) is 65.7 Å². The second-order valence-electron chi connectivity index (χ2n) is 6.48. The minimum Gasteiger partial charge on any atom is -0.385 e. The van der Waals surface area contributed by atoms with Crippen LogP contribution in [0.3, 0.4) is 0 Å². The Morgan fingerprint density at radius 2 is 1.71 bits per heavy atom. The number of amides is 1. The Bertz CT molecular complexity index is 649. The van der Waals surface area contributed by atoms with Gasteiger partial charge in [-0.15, -0.1) is 0 Å². The van der Waals surface area contributed by atoms with Crippen molar-refractivity contribution < 1.29 is 9.90 Å². The summed E-state index contributed by atoms with van der Waals surface area (Å²) in [7, 11) is 4.02. The van der Waals surface area contributed by atoms with Gasteiger partial charge in [0.05, 0.1) is 12.0 Å². The van der Waals surface area contributed by atoms with E-state index >= 15 is 0 Å². The number of rotatable bonds is 7. The van der Waals surface area contributed by atoms with Gasteiger partial charge in [0.1, 0.15) is 0 Å². The standard InChI is InChI=1S/C20H26N2O2/c1-20(24,17-7-5-4-6-8-17)15-19(23)21-14-13-16-9-11-18(12-10-16)22(2)3/h4-12,24H,13-15H2,1-3H3,(H,21,23). The van der Waals surface area contributed by atoms with Gasteiger partial charge in [-0.3, -0.25) is 4.79 Å². The Morgan fingerprint density at radius 3 is 2.29 bits per heavy atom. The molecule has 0 aliphatic rings. The number of nitrogens with one attached hydrogen (secondary N) is 1. The molecule has 0 aliphatic carbocycles. The maximum absolute atomic E-state index is 12.1. The summed E-state index contributed by atoms with van der Waals surface area (Å²) in [5.74, 6) is -0.145. The molecular weight excluding hydrogens is 300 g/mol. The van der Waals surface area contributed by atoms with Crippen LogP contribution in [0.2, 0.25) is 0 Å². The number of anilines is 1. The highest BCUT2D eigenvalue weighted by atomic mass is 16.3. The Kier molecular flexibility index (Phi) is 5.99. The van der Waals surface area contributed by atoms with Crippen molar-refractivity contribution in [2.75, 3.05) is 25.5 Å². The van der Waals surface area contributed by atoms with Crippen LogP contribution in [-0.2, 0) is 16.8 Å². The molecule has 0 spiro atoms. The second kappa shape index (κ2) is 7.97. The van der Waals surface area contributed by atoms with Crippen LogP contribution in [0.15, 0.2) is 54.6 Å². The second-order valence-corrected chi connectivity index (χ2v) is 6.48. The van der Waals surface area contributed by atoms with Crippen LogP contribution in [0, 0.1) is 0 Å². The molecule has 0 bridgehead atoms. The van der Waals surface area contributed by atoms with E-state index in [1.165, 1.54) is 5.56 Å². The van der Waals surface area contributed by atoms with E-state index in [-0.39, 0.29) is 12.3 Å². The lowest BCUT2D eigenvalue weighted by molar-refractivity contribution is -0.125. The zero-order valence-electron chi connectivity index (χ0n) is 14.6. The highest BCUT2D eigenvalue weighted by Crippen LogP contribution is 2.23. The van der Waals surface area contributed by atoms with Gasteiger partial charge in [-0.05, 0) is 36.6 Å². The lowest BCUT2D eigenvalue weighted by atomic mass is 9.92. The quantitative estimate of drug-likeness (QED) is 0.822. The predicted octanol–water partition coefficient (Wildman–Crippen LogP) is 2.71. The Labute approximate surface area is 144 Å². The zero-order chi connectivity index (χ0) is 17.6. The van der Waals surface area contributed by atoms with Crippen LogP contribution < -0.4 is 10.2 Å². The summed E-state index contributed by atoms with van der Waals surface area (Å²) in [6, 6.07) is 17.6. The number of nitrogens with zero attached hydrogens (tertiary/aromatic N) is 1. The third kappa shape index (κ3) is 5.10. The van der Waals surface area contributed by atoms with Gasteiger partial charge in [0.2, 0.25) is 5.91 Å². The molecule has 0 aliphatic heterocycles. The highest BCUT2D eigenvalue weighted by molar-refractivity contribution is 5.77. The fraction of sp³-hybridized carbons (Fsp3) is 0.350. The Balaban J connectivity index is 1.81. The molecular formula is C20H26N2O2. The number of aliphatic hydroxyl groups is 1. The van der Waals surface area contributed by atoms with E-state index in [0.29, 0.717) is 6.54 Å². The van der Waals surface area contributed by atoms with Crippen LogP contribution in [0.25, 0.3) is 0 Å². The van der Waals surface area contributed by atoms with E-state index in [9.17, 15) is 9.90 Å². The van der Waals surface area contributed by atoms with Gasteiger partial charge in [-0.2, -0.15) is 0 Å². The van der Waals surface area contributed by atoms with Gasteiger partial charge in [-0.1, -0.05) is 42.5 Å². The molecule has 1 amide bonds. The SMILES string of the molecule is CN(C)c1ccc(CCNC(=O)CC(C)(O)c2ccccc2)cc1. The first-order valence-electron chi connectivity index (χ1n) is 8.19. The van der Waals surface area contributed by atoms with Crippen molar-refractivity contribution in [2.24, 2.45) is 0 Å². The Hall–Kier alpha value is -2.33. The third-order valence-corrected chi connectivity index (χ3v) is 4.09. The number of benzene rings is 2. The molecule has 128 valence electrons. The molecule has 0 saturated heterocycles. The minimum absolute atomic E-state index is 0.0522. The summed E-state index contributed by atoms with van der Waals surface area (Å²) in [6.07, 6.45) is 0.823. The van der Waals surface area contributed by atoms with Gasteiger partial charge >= 0.3 is 0 Å². The van der Waals surface area contributed by atoms with E-state index in [0.717, 1.165) is 17.7 Å². The van der Waals surface area contributed by atoms with Crippen LogP contribution >= 0.6 is 0 Å². The summed E-state index contributed by atoms with van der Waals surface area (Å²) in [4.78, 5) is 14.1. The smallest absolute Gasteiger partial charge is 0.223 e. The molecule has 0 saturated carbocycles. The van der Waals surface area contributed by atoms with Crippen molar-refractivity contribution >= 4 is 11.6 Å². The van der Waals surface area contributed by atoms with Gasteiger partial charge in [-0.25, -0.2) is 0 Å². The molecule has 0 fully saturated rings. The monoisotopic (exact) mass is 326 g/mol. The number of hydrogen-bond acceptors (Lipinski definition) is 3. The van der Waals surface area contributed by atoms with Crippen molar-refractivity contribution in [1.29, 1.82) is 0 Å². The van der Waals surface area contributed by atoms with E-state index in [1.807, 2.05) is 44.4 Å². The van der Waals surface area contributed by atoms with E-state index < -0.39 is 5.60 Å². The molecule has 2 aromatic carbocycles. The first kappa shape index (κ1) is 18.0. The van der Waals surface area contributed by atoms with Crippen LogP contribution in [0.4, 0.5) is 5.69 Å². The summed E-state index contributed by atoms with van der Waals surface area (Å²) in [5.41, 5.74) is 1.93. The zero-order valence-corrected chi connectivity index (χ0v) is 14.6. The first-order chi connectivity index (χ1) is 11.4. The largest absolute Gasteiger partial charge is 0.385 e. The molecule has 2 aromatic rings. The maximum Gasteiger partial charge on any atom is 0.223 e. The predicted molar refractivity (Wildman–Crippen MR) is 98.1 cm³/mol. The van der Waals surface area contributed by atoms with Gasteiger partial charge in [0.15, 0.2) is 0 Å². The normalized spacial score (nSPS) is 13.2. The number of carbonyl (C=O) groups is 1. The van der Waals surface area contributed by atoms with Gasteiger partial charge in [0, 0.05) is 26.3 Å². The summed E-state index contributed by atoms with van der Waals surface area (Å²) < 4.78 is 0. The van der Waals surface area contributed by atoms with Gasteiger partial charge < -0.3 is 15.3 Å². The highest BCUT2D eigenvalue weighted by Gasteiger charge is 2.26. The topological polar surface area (TPSA) is 52.6 Å². The molecule has 0 aromatic heterocycles. The number of hydrogen-bond donors (Lipinski definition) is 2. The molecule has 2 N–H and O–H groups in total. The maximum atomic E-state index is 12.1. The molecule has 24 heavy (non-hydrogen) atoms. The third-order valence-electron chi connectivity index (χ3n) is 4.09. The van der Waals surface area contributed by atoms with E-state index in [1.54, 1.807) is 6.92 Å². The molecule has 1 unspecified atom stereocenters. The van der Waals surface area contributed by atoms with E-state index in [4.69, 9.17) is 0 Å². The van der Waals surface area contributed by atoms with Crippen LogP contribution in [0.5, 0.6) is 0 Å². The average Bonchev–Trinajstić information content (AvgIpc) is 2.55. The van der Waals surface area contributed by atoms with Crippen molar-refractivity contribution in [3.63, 3.8) is 0 Å². The van der Waals surface area contributed by atoms with Crippen LogP contribution in [0.1, 0.15) is 24.5 Å². The molecule has 0 heterocycles. The van der Waals surface area contributed by atoms with Crippen molar-refractivity contribution in [1.82, 2.24) is 5.32 Å². The molecule has 4 nitrogen and oxygen atoms in total. The Morgan fingerprint density at radius 1 is 1.08 bits per heavy atom. The lowest BCUT2D eigenvalue weighted by Crippen LogP contribution is -2.33. The van der Waals surface area contributed by atoms with Crippen molar-refractivity contribution in [2.45, 2.75) is 25.4 Å². The fourth-order valence-corrected chi connectivity index (χ4v) is 2.58. The van der Waals surface area contributed by atoms with E-state index in [2.05, 4.69) is 34.5 Å². The van der Waals surface area contributed by atoms with Gasteiger partial charge in [0.25, 0.3) is 0 Å². The van der Waals surface area contributed by atoms with Crippen molar-refractivity contribution in [3.8, 4) is 0 Å². The lowest BCUT2D eigenvalue weighted by Gasteiger charge is -2.23. The summed E-state index contributed by atoms with van der Waals surface area (Å²) in [5, 5.41) is 13.4.